The van der Waals surface area contributed by atoms with Gasteiger partial charge in [-0.3, -0.25) is 0 Å². The summed E-state index contributed by atoms with van der Waals surface area (Å²) in [7, 11) is 0. The smallest absolute Gasteiger partial charge is 0.0839 e. The van der Waals surface area contributed by atoms with Crippen molar-refractivity contribution in [3.05, 3.63) is 91.0 Å². The Morgan fingerprint density at radius 1 is 0.396 bits per heavy atom. The molecule has 3 aromatic rings. The minimum Gasteiger partial charge on any atom is -0.324 e. The second-order valence-electron chi connectivity index (χ2n) is 15.0. The number of quaternary nitrogens is 1. The van der Waals surface area contributed by atoms with Gasteiger partial charge in [-0.15, -0.1) is 0 Å². The number of nitrogens with zero attached hydrogens (tertiary/aromatic N) is 1. The largest absolute Gasteiger partial charge is 0.324 e. The van der Waals surface area contributed by atoms with Crippen LogP contribution in [-0.2, 0) is 0 Å². The number of benzene rings is 3. The Hall–Kier alpha value is -2.32. The average Bonchev–Trinajstić information content (AvgIpc) is 3.14. The first-order valence-electron chi connectivity index (χ1n) is 20.7. The average molecular weight is 654 g/mol. The molecule has 1 nitrogen and oxygen atoms in total. The van der Waals surface area contributed by atoms with Gasteiger partial charge < -0.3 is 4.48 Å². The summed E-state index contributed by atoms with van der Waals surface area (Å²) < 4.78 is 1.46. The molecule has 1 unspecified atom stereocenters. The fourth-order valence-corrected chi connectivity index (χ4v) is 8.35. The lowest BCUT2D eigenvalue weighted by molar-refractivity contribution is -0.929. The van der Waals surface area contributed by atoms with Gasteiger partial charge in [0.15, 0.2) is 0 Å². The van der Waals surface area contributed by atoms with Crippen molar-refractivity contribution in [3.8, 4) is 0 Å². The molecule has 0 fully saturated rings. The van der Waals surface area contributed by atoms with Crippen LogP contribution in [0.5, 0.6) is 0 Å². The molecule has 48 heavy (non-hydrogen) atoms. The third-order valence-electron chi connectivity index (χ3n) is 11.4. The van der Waals surface area contributed by atoms with Gasteiger partial charge in [0, 0.05) is 0 Å². The van der Waals surface area contributed by atoms with Crippen molar-refractivity contribution >= 4 is 22.5 Å². The van der Waals surface area contributed by atoms with Gasteiger partial charge in [-0.25, -0.2) is 0 Å². The molecule has 0 heterocycles. The number of rotatable bonds is 25. The molecule has 1 atom stereocenters. The fourth-order valence-electron chi connectivity index (χ4n) is 8.35. The van der Waals surface area contributed by atoms with E-state index in [9.17, 15) is 0 Å². The standard InChI is InChI=1S/C24H52N.C22H24B/c1-5-9-13-17-21-25(22-18-14-10-6-2,23-19-15-11-7-3)24-20-16-12-8-4;1-3-19(2)23(20-13-7-4-8-14-20,21-15-9-5-10-16-21)22-17-11-6-12-18-22/h5-24H2,1-4H3;4-19H,3H2,1-2H3/q+1;-1. The van der Waals surface area contributed by atoms with E-state index in [4.69, 9.17) is 0 Å². The molecule has 0 aliphatic rings. The van der Waals surface area contributed by atoms with Gasteiger partial charge in [-0.2, -0.15) is 22.2 Å². The molecule has 0 aliphatic carbocycles. The molecule has 0 bridgehead atoms. The molecule has 3 aromatic carbocycles. The molecule has 0 aromatic heterocycles. The Balaban J connectivity index is 0.000000334. The van der Waals surface area contributed by atoms with Crippen molar-refractivity contribution in [2.24, 2.45) is 0 Å². The Morgan fingerprint density at radius 3 is 0.896 bits per heavy atom. The highest BCUT2D eigenvalue weighted by molar-refractivity contribution is 7.12. The Bertz CT molecular complexity index is 978. The first-order valence-corrected chi connectivity index (χ1v) is 20.7. The number of hydrogen-bond donors (Lipinski definition) is 0. The maximum Gasteiger partial charge on any atom is 0.0839 e. The molecular formula is C46H76BN. The summed E-state index contributed by atoms with van der Waals surface area (Å²) in [5, 5.41) is 0. The molecule has 0 radical (unpaired) electrons. The van der Waals surface area contributed by atoms with Gasteiger partial charge in [-0.05, 0) is 51.4 Å². The summed E-state index contributed by atoms with van der Waals surface area (Å²) in [5.41, 5.74) is 4.29. The van der Waals surface area contributed by atoms with Crippen LogP contribution in [0.3, 0.4) is 0 Å². The van der Waals surface area contributed by atoms with E-state index in [2.05, 4.69) is 133 Å². The summed E-state index contributed by atoms with van der Waals surface area (Å²) in [4.78, 5) is 0. The van der Waals surface area contributed by atoms with Crippen LogP contribution in [0.1, 0.15) is 151 Å². The molecule has 0 N–H and O–H groups in total. The second-order valence-corrected chi connectivity index (χ2v) is 15.0. The van der Waals surface area contributed by atoms with Crippen molar-refractivity contribution in [1.82, 2.24) is 0 Å². The predicted octanol–water partition coefficient (Wildman–Crippen LogP) is 12.1. The lowest BCUT2D eigenvalue weighted by Crippen LogP contribution is -2.69. The lowest BCUT2D eigenvalue weighted by Gasteiger charge is -2.48. The third kappa shape index (κ3) is 13.9. The maximum absolute atomic E-state index is 2.40. The zero-order valence-corrected chi connectivity index (χ0v) is 32.6. The predicted molar refractivity (Wildman–Crippen MR) is 220 cm³/mol. The number of unbranched alkanes of at least 4 members (excludes halogenated alkanes) is 12. The van der Waals surface area contributed by atoms with Gasteiger partial charge >= 0.3 is 0 Å². The quantitative estimate of drug-likeness (QED) is 0.0485. The van der Waals surface area contributed by atoms with E-state index in [1.807, 2.05) is 0 Å². The van der Waals surface area contributed by atoms with E-state index in [-0.39, 0.29) is 0 Å². The van der Waals surface area contributed by atoms with Gasteiger partial charge in [-0.1, -0.05) is 190 Å². The van der Waals surface area contributed by atoms with Crippen molar-refractivity contribution in [1.29, 1.82) is 0 Å². The fraction of sp³-hybridized carbons (Fsp3) is 0.609. The van der Waals surface area contributed by atoms with E-state index < -0.39 is 6.15 Å². The first kappa shape index (κ1) is 41.9. The second kappa shape index (κ2) is 25.6. The van der Waals surface area contributed by atoms with Crippen LogP contribution in [0, 0.1) is 0 Å². The minimum atomic E-state index is -0.974. The highest BCUT2D eigenvalue weighted by Gasteiger charge is 2.34. The lowest BCUT2D eigenvalue weighted by atomic mass is 9.10. The molecule has 0 spiro atoms. The molecule has 0 amide bonds. The van der Waals surface area contributed by atoms with Gasteiger partial charge in [0.25, 0.3) is 0 Å². The molecule has 3 rings (SSSR count). The Kier molecular flexibility index (Phi) is 22.3. The zero-order chi connectivity index (χ0) is 34.8. The van der Waals surface area contributed by atoms with Crippen LogP contribution in [-0.4, -0.2) is 36.8 Å². The molecular weight excluding hydrogens is 577 g/mol. The van der Waals surface area contributed by atoms with E-state index in [1.165, 1.54) is 150 Å². The molecule has 0 saturated carbocycles. The summed E-state index contributed by atoms with van der Waals surface area (Å²) in [6, 6.07) is 33.1. The minimum absolute atomic E-state index is 0.558. The highest BCUT2D eigenvalue weighted by atomic mass is 15.3. The zero-order valence-electron chi connectivity index (χ0n) is 32.6. The first-order chi connectivity index (χ1) is 23.5. The summed E-state index contributed by atoms with van der Waals surface area (Å²) in [6.07, 6.45) is 23.0. The van der Waals surface area contributed by atoms with Crippen LogP contribution in [0.15, 0.2) is 91.0 Å². The topological polar surface area (TPSA) is 0 Å². The summed E-state index contributed by atoms with van der Waals surface area (Å²) >= 11 is 0. The molecule has 0 aliphatic heterocycles. The SMILES string of the molecule is CCC(C)[B-](c1ccccc1)(c1ccccc1)c1ccccc1.CCCCCC[N+](CCCCCC)(CCCCCC)CCCCCC. The van der Waals surface area contributed by atoms with Crippen molar-refractivity contribution in [2.75, 3.05) is 26.2 Å². The van der Waals surface area contributed by atoms with Gasteiger partial charge in [0.2, 0.25) is 0 Å². The van der Waals surface area contributed by atoms with E-state index in [0.717, 1.165) is 6.42 Å². The molecule has 268 valence electrons. The van der Waals surface area contributed by atoms with Crippen LogP contribution in [0.4, 0.5) is 0 Å². The van der Waals surface area contributed by atoms with Gasteiger partial charge in [0.1, 0.15) is 0 Å². The Labute approximate surface area is 299 Å². The highest BCUT2D eigenvalue weighted by Crippen LogP contribution is 2.25. The summed E-state index contributed by atoms with van der Waals surface area (Å²) in [5.74, 6) is 0.558. The normalized spacial score (nSPS) is 12.4. The van der Waals surface area contributed by atoms with E-state index in [0.29, 0.717) is 5.82 Å². The van der Waals surface area contributed by atoms with Crippen molar-refractivity contribution < 1.29 is 4.48 Å². The van der Waals surface area contributed by atoms with Crippen LogP contribution >= 0.6 is 0 Å². The van der Waals surface area contributed by atoms with Crippen LogP contribution in [0.2, 0.25) is 5.82 Å². The van der Waals surface area contributed by atoms with Gasteiger partial charge in [0.05, 0.1) is 32.3 Å². The van der Waals surface area contributed by atoms with Crippen LogP contribution in [0.25, 0.3) is 0 Å². The monoisotopic (exact) mass is 654 g/mol. The van der Waals surface area contributed by atoms with E-state index in [1.54, 1.807) is 0 Å². The summed E-state index contributed by atoms with van der Waals surface area (Å²) in [6.45, 7) is 19.9. The van der Waals surface area contributed by atoms with E-state index >= 15 is 0 Å². The van der Waals surface area contributed by atoms with Crippen molar-refractivity contribution in [2.45, 2.75) is 157 Å². The third-order valence-corrected chi connectivity index (χ3v) is 11.4. The molecule has 2 heteroatoms. The van der Waals surface area contributed by atoms with Crippen LogP contribution < -0.4 is 16.4 Å². The van der Waals surface area contributed by atoms with Crippen molar-refractivity contribution in [3.63, 3.8) is 0 Å². The molecule has 0 saturated heterocycles. The maximum atomic E-state index is 2.40. The number of hydrogen-bond acceptors (Lipinski definition) is 0. The Morgan fingerprint density at radius 2 is 0.667 bits per heavy atom.